The minimum atomic E-state index is -0.232. The van der Waals surface area contributed by atoms with Crippen molar-refractivity contribution in [2.45, 2.75) is 6.92 Å². The maximum absolute atomic E-state index is 12.9. The van der Waals surface area contributed by atoms with Gasteiger partial charge in [0, 0.05) is 15.4 Å². The van der Waals surface area contributed by atoms with Crippen molar-refractivity contribution in [1.29, 1.82) is 0 Å². The number of halogens is 1. The van der Waals surface area contributed by atoms with E-state index in [9.17, 15) is 4.79 Å². The minimum Gasteiger partial charge on any atom is -0.497 e. The van der Waals surface area contributed by atoms with Gasteiger partial charge in [-0.25, -0.2) is 4.98 Å². The van der Waals surface area contributed by atoms with Crippen LogP contribution in [0, 0.1) is 6.92 Å². The van der Waals surface area contributed by atoms with E-state index >= 15 is 0 Å². The number of fused-ring (bicyclic) bond motifs is 3. The summed E-state index contributed by atoms with van der Waals surface area (Å²) in [5.74, 6) is 1.29. The van der Waals surface area contributed by atoms with Gasteiger partial charge in [0.25, 0.3) is 5.56 Å². The first kappa shape index (κ1) is 16.5. The van der Waals surface area contributed by atoms with Gasteiger partial charge < -0.3 is 9.72 Å². The molecule has 0 atom stereocenters. The van der Waals surface area contributed by atoms with Crippen molar-refractivity contribution < 1.29 is 4.74 Å². The van der Waals surface area contributed by atoms with E-state index in [-0.39, 0.29) is 5.56 Å². The molecular weight excluding hydrogens is 396 g/mol. The number of aromatic amines is 1. The predicted molar refractivity (Wildman–Crippen MR) is 106 cm³/mol. The molecule has 4 rings (SSSR count). The molecule has 0 saturated carbocycles. The SMILES string of the molecule is COc1ccc(C=Nn2c(C)nc3c([nH]c4ccc(Br)cc43)c2=O)cc1. The maximum atomic E-state index is 12.9. The molecule has 0 fully saturated rings. The van der Waals surface area contributed by atoms with Crippen molar-refractivity contribution in [2.75, 3.05) is 7.11 Å². The second-order valence-electron chi connectivity index (χ2n) is 5.83. The molecule has 130 valence electrons. The molecular formula is C19H15BrN4O2. The van der Waals surface area contributed by atoms with E-state index < -0.39 is 0 Å². The van der Waals surface area contributed by atoms with Gasteiger partial charge in [-0.2, -0.15) is 9.78 Å². The van der Waals surface area contributed by atoms with Crippen molar-refractivity contribution in [1.82, 2.24) is 14.6 Å². The molecule has 1 N–H and O–H groups in total. The molecule has 0 amide bonds. The van der Waals surface area contributed by atoms with Crippen LogP contribution in [-0.2, 0) is 0 Å². The van der Waals surface area contributed by atoms with Crippen LogP contribution in [0.25, 0.3) is 21.9 Å². The summed E-state index contributed by atoms with van der Waals surface area (Å²) in [4.78, 5) is 20.6. The van der Waals surface area contributed by atoms with Crippen LogP contribution in [-0.4, -0.2) is 28.0 Å². The van der Waals surface area contributed by atoms with Gasteiger partial charge in [0.05, 0.1) is 13.3 Å². The predicted octanol–water partition coefficient (Wildman–Crippen LogP) is 3.84. The minimum absolute atomic E-state index is 0.232. The van der Waals surface area contributed by atoms with Crippen molar-refractivity contribution >= 4 is 44.1 Å². The number of rotatable bonds is 3. The van der Waals surface area contributed by atoms with Crippen molar-refractivity contribution in [3.63, 3.8) is 0 Å². The first-order valence-electron chi connectivity index (χ1n) is 7.96. The zero-order valence-electron chi connectivity index (χ0n) is 14.2. The monoisotopic (exact) mass is 410 g/mol. The Hall–Kier alpha value is -2.93. The van der Waals surface area contributed by atoms with E-state index in [1.54, 1.807) is 20.2 Å². The van der Waals surface area contributed by atoms with Crippen LogP contribution >= 0.6 is 15.9 Å². The number of hydrogen-bond donors (Lipinski definition) is 1. The molecule has 0 radical (unpaired) electrons. The maximum Gasteiger partial charge on any atom is 0.298 e. The van der Waals surface area contributed by atoms with Gasteiger partial charge in [-0.1, -0.05) is 15.9 Å². The highest BCUT2D eigenvalue weighted by molar-refractivity contribution is 9.10. The molecule has 2 aromatic carbocycles. The van der Waals surface area contributed by atoms with Gasteiger partial charge in [-0.15, -0.1) is 0 Å². The van der Waals surface area contributed by atoms with E-state index in [0.29, 0.717) is 16.9 Å². The van der Waals surface area contributed by atoms with E-state index in [1.165, 1.54) is 4.68 Å². The van der Waals surface area contributed by atoms with Gasteiger partial charge in [0.15, 0.2) is 0 Å². The van der Waals surface area contributed by atoms with Crippen LogP contribution in [0.5, 0.6) is 5.75 Å². The van der Waals surface area contributed by atoms with Crippen LogP contribution < -0.4 is 10.3 Å². The molecule has 0 aliphatic heterocycles. The molecule has 0 saturated heterocycles. The van der Waals surface area contributed by atoms with E-state index in [1.807, 2.05) is 42.5 Å². The first-order valence-corrected chi connectivity index (χ1v) is 8.75. The van der Waals surface area contributed by atoms with Crippen molar-refractivity contribution in [3.05, 3.63) is 68.7 Å². The van der Waals surface area contributed by atoms with Crippen LogP contribution in [0.1, 0.15) is 11.4 Å². The molecule has 2 aromatic heterocycles. The molecule has 7 heteroatoms. The van der Waals surface area contributed by atoms with Gasteiger partial charge in [-0.3, -0.25) is 4.79 Å². The number of ether oxygens (including phenoxy) is 1. The lowest BCUT2D eigenvalue weighted by Crippen LogP contribution is -2.20. The number of hydrogen-bond acceptors (Lipinski definition) is 4. The highest BCUT2D eigenvalue weighted by atomic mass is 79.9. The number of aryl methyl sites for hydroxylation is 1. The Labute approximate surface area is 157 Å². The third-order valence-corrected chi connectivity index (χ3v) is 4.65. The summed E-state index contributed by atoms with van der Waals surface area (Å²) in [6.45, 7) is 1.77. The number of methoxy groups -OCH3 is 1. The summed E-state index contributed by atoms with van der Waals surface area (Å²) in [6.07, 6.45) is 1.63. The number of nitrogens with zero attached hydrogens (tertiary/aromatic N) is 3. The highest BCUT2D eigenvalue weighted by Gasteiger charge is 2.13. The Morgan fingerprint density at radius 1 is 1.23 bits per heavy atom. The molecule has 0 aliphatic carbocycles. The average molecular weight is 411 g/mol. The third-order valence-electron chi connectivity index (χ3n) is 4.16. The zero-order chi connectivity index (χ0) is 18.3. The lowest BCUT2D eigenvalue weighted by atomic mass is 10.2. The molecule has 2 heterocycles. The Morgan fingerprint density at radius 2 is 2.00 bits per heavy atom. The smallest absolute Gasteiger partial charge is 0.298 e. The number of benzene rings is 2. The summed E-state index contributed by atoms with van der Waals surface area (Å²) in [6, 6.07) is 13.2. The second-order valence-corrected chi connectivity index (χ2v) is 6.75. The van der Waals surface area contributed by atoms with Crippen molar-refractivity contribution in [3.8, 4) is 5.75 Å². The van der Waals surface area contributed by atoms with E-state index in [4.69, 9.17) is 4.74 Å². The first-order chi connectivity index (χ1) is 12.6. The summed E-state index contributed by atoms with van der Waals surface area (Å²) in [7, 11) is 1.62. The fraction of sp³-hybridized carbons (Fsp3) is 0.105. The van der Waals surface area contributed by atoms with E-state index in [2.05, 4.69) is 31.0 Å². The van der Waals surface area contributed by atoms with Gasteiger partial charge in [0.2, 0.25) is 0 Å². The molecule has 0 spiro atoms. The molecule has 4 aromatic rings. The second kappa shape index (κ2) is 6.42. The number of H-pyrrole nitrogens is 1. The molecule has 6 nitrogen and oxygen atoms in total. The average Bonchev–Trinajstić information content (AvgIpc) is 3.00. The van der Waals surface area contributed by atoms with Crippen molar-refractivity contribution in [2.24, 2.45) is 5.10 Å². The lowest BCUT2D eigenvalue weighted by molar-refractivity contribution is 0.415. The standard InChI is InChI=1S/C19H15BrN4O2/c1-11-22-17-15-9-13(20)5-8-16(15)23-18(17)19(25)24(11)21-10-12-3-6-14(26-2)7-4-12/h3-10,23H,1-2H3. The summed E-state index contributed by atoms with van der Waals surface area (Å²) < 4.78 is 7.38. The van der Waals surface area contributed by atoms with Crippen LogP contribution in [0.15, 0.2) is 56.8 Å². The summed E-state index contributed by atoms with van der Waals surface area (Å²) >= 11 is 3.46. The lowest BCUT2D eigenvalue weighted by Gasteiger charge is -2.03. The van der Waals surface area contributed by atoms with Gasteiger partial charge in [0.1, 0.15) is 22.6 Å². The Kier molecular flexibility index (Phi) is 4.08. The van der Waals surface area contributed by atoms with Gasteiger partial charge >= 0.3 is 0 Å². The number of nitrogens with one attached hydrogen (secondary N) is 1. The molecule has 26 heavy (non-hydrogen) atoms. The fourth-order valence-corrected chi connectivity index (χ4v) is 3.19. The molecule has 0 bridgehead atoms. The quantitative estimate of drug-likeness (QED) is 0.521. The number of aromatic nitrogens is 3. The normalized spacial score (nSPS) is 11.7. The zero-order valence-corrected chi connectivity index (χ0v) is 15.7. The Morgan fingerprint density at radius 3 is 2.73 bits per heavy atom. The fourth-order valence-electron chi connectivity index (χ4n) is 2.83. The van der Waals surface area contributed by atoms with Gasteiger partial charge in [-0.05, 0) is 55.0 Å². The highest BCUT2D eigenvalue weighted by Crippen LogP contribution is 2.25. The summed E-state index contributed by atoms with van der Waals surface area (Å²) in [5.41, 5.74) is 2.58. The third kappa shape index (κ3) is 2.80. The largest absolute Gasteiger partial charge is 0.497 e. The molecule has 0 aliphatic rings. The Bertz CT molecular complexity index is 1210. The topological polar surface area (TPSA) is 72.3 Å². The van der Waals surface area contributed by atoms with Crippen LogP contribution in [0.4, 0.5) is 0 Å². The van der Waals surface area contributed by atoms with Crippen LogP contribution in [0.3, 0.4) is 0 Å². The molecule has 0 unspecified atom stereocenters. The van der Waals surface area contributed by atoms with E-state index in [0.717, 1.165) is 26.7 Å². The van der Waals surface area contributed by atoms with Crippen LogP contribution in [0.2, 0.25) is 0 Å². The Balaban J connectivity index is 1.83. The summed E-state index contributed by atoms with van der Waals surface area (Å²) in [5, 5.41) is 5.22.